The summed E-state index contributed by atoms with van der Waals surface area (Å²) in [4.78, 5) is 12.0. The van der Waals surface area contributed by atoms with E-state index in [4.69, 9.17) is 4.74 Å². The van der Waals surface area contributed by atoms with E-state index in [-0.39, 0.29) is 11.2 Å². The number of para-hydroxylation sites is 1. The average molecular weight is 307 g/mol. The Kier molecular flexibility index (Phi) is 6.43. The van der Waals surface area contributed by atoms with Crippen LogP contribution >= 0.6 is 11.8 Å². The molecule has 3 nitrogen and oxygen atoms in total. The Balaban J connectivity index is 1.63. The van der Waals surface area contributed by atoms with E-state index < -0.39 is 0 Å². The number of hydrogen-bond acceptors (Lipinski definition) is 3. The topological polar surface area (TPSA) is 38.3 Å². The smallest absolute Gasteiger partial charge is 0.233 e. The monoisotopic (exact) mass is 307 g/mol. The zero-order chi connectivity index (χ0) is 15.1. The zero-order valence-corrected chi connectivity index (χ0v) is 13.7. The van der Waals surface area contributed by atoms with Crippen molar-refractivity contribution >= 4 is 17.7 Å². The molecule has 1 N–H and O–H groups in total. The van der Waals surface area contributed by atoms with E-state index in [1.165, 1.54) is 12.8 Å². The lowest BCUT2D eigenvalue weighted by molar-refractivity contribution is -0.120. The Hall–Kier alpha value is -1.16. The number of ether oxygens (including phenoxy) is 1. The third-order valence-corrected chi connectivity index (χ3v) is 4.99. The van der Waals surface area contributed by atoms with Gasteiger partial charge in [-0.25, -0.2) is 0 Å². The summed E-state index contributed by atoms with van der Waals surface area (Å²) >= 11 is 1.66. The van der Waals surface area contributed by atoms with Gasteiger partial charge in [-0.15, -0.1) is 11.8 Å². The molecule has 0 heterocycles. The van der Waals surface area contributed by atoms with Gasteiger partial charge in [0.05, 0.1) is 11.9 Å². The Morgan fingerprint density at radius 3 is 2.81 bits per heavy atom. The zero-order valence-electron chi connectivity index (χ0n) is 12.9. The molecule has 2 rings (SSSR count). The third-order valence-electron chi connectivity index (χ3n) is 3.87. The van der Waals surface area contributed by atoms with Gasteiger partial charge in [0.15, 0.2) is 0 Å². The summed E-state index contributed by atoms with van der Waals surface area (Å²) in [5, 5.41) is 3.14. The van der Waals surface area contributed by atoms with Gasteiger partial charge in [0.1, 0.15) is 5.75 Å². The molecule has 1 unspecified atom stereocenters. The highest BCUT2D eigenvalue weighted by Gasteiger charge is 2.20. The molecular weight excluding hydrogens is 282 g/mol. The van der Waals surface area contributed by atoms with Gasteiger partial charge in [0, 0.05) is 11.8 Å². The van der Waals surface area contributed by atoms with Gasteiger partial charge in [0.2, 0.25) is 5.91 Å². The molecule has 1 amide bonds. The van der Waals surface area contributed by atoms with E-state index in [9.17, 15) is 4.79 Å². The SMILES string of the molecule is Cc1ccccc1OCCSC(C)C(=O)NC1CCCC1. The molecule has 0 bridgehead atoms. The molecule has 1 aromatic rings. The first kappa shape index (κ1) is 16.2. The summed E-state index contributed by atoms with van der Waals surface area (Å²) in [6.07, 6.45) is 4.77. The van der Waals surface area contributed by atoms with Crippen molar-refractivity contribution in [2.24, 2.45) is 0 Å². The molecule has 0 radical (unpaired) electrons. The van der Waals surface area contributed by atoms with Crippen molar-refractivity contribution in [3.8, 4) is 5.75 Å². The van der Waals surface area contributed by atoms with E-state index in [0.29, 0.717) is 12.6 Å². The van der Waals surface area contributed by atoms with Crippen LogP contribution in [0.2, 0.25) is 0 Å². The molecule has 21 heavy (non-hydrogen) atoms. The number of benzene rings is 1. The van der Waals surface area contributed by atoms with Crippen molar-refractivity contribution in [1.82, 2.24) is 5.32 Å². The van der Waals surface area contributed by atoms with Crippen LogP contribution in [-0.4, -0.2) is 29.6 Å². The van der Waals surface area contributed by atoms with Gasteiger partial charge in [-0.1, -0.05) is 31.0 Å². The van der Waals surface area contributed by atoms with Crippen LogP contribution in [0.4, 0.5) is 0 Å². The Morgan fingerprint density at radius 2 is 2.10 bits per heavy atom. The van der Waals surface area contributed by atoms with Gasteiger partial charge in [0.25, 0.3) is 0 Å². The van der Waals surface area contributed by atoms with Gasteiger partial charge < -0.3 is 10.1 Å². The van der Waals surface area contributed by atoms with Crippen molar-refractivity contribution in [3.63, 3.8) is 0 Å². The summed E-state index contributed by atoms with van der Waals surface area (Å²) in [5.41, 5.74) is 1.15. The fourth-order valence-corrected chi connectivity index (χ4v) is 3.31. The normalized spacial score (nSPS) is 16.7. The second-order valence-electron chi connectivity index (χ2n) is 5.62. The quantitative estimate of drug-likeness (QED) is 0.783. The van der Waals surface area contributed by atoms with E-state index in [2.05, 4.69) is 5.32 Å². The molecule has 1 fully saturated rings. The van der Waals surface area contributed by atoms with Crippen molar-refractivity contribution in [2.75, 3.05) is 12.4 Å². The number of carbonyl (C=O) groups is 1. The van der Waals surface area contributed by atoms with E-state index >= 15 is 0 Å². The second-order valence-corrected chi connectivity index (χ2v) is 7.07. The average Bonchev–Trinajstić information content (AvgIpc) is 2.98. The first-order chi connectivity index (χ1) is 10.2. The minimum atomic E-state index is -0.00827. The molecular formula is C17H25NO2S. The molecule has 4 heteroatoms. The largest absolute Gasteiger partial charge is 0.492 e. The molecule has 1 aliphatic carbocycles. The molecule has 0 saturated heterocycles. The Labute approximate surface area is 131 Å². The Bertz CT molecular complexity index is 458. The number of amides is 1. The number of aryl methyl sites for hydroxylation is 1. The van der Waals surface area contributed by atoms with Crippen LogP contribution in [0.15, 0.2) is 24.3 Å². The molecule has 0 aliphatic heterocycles. The highest BCUT2D eigenvalue weighted by atomic mass is 32.2. The molecule has 0 spiro atoms. The number of thioether (sulfide) groups is 1. The molecule has 116 valence electrons. The van der Waals surface area contributed by atoms with Crippen LogP contribution < -0.4 is 10.1 Å². The summed E-state index contributed by atoms with van der Waals surface area (Å²) in [6.45, 7) is 4.65. The van der Waals surface area contributed by atoms with E-state index in [1.807, 2.05) is 38.1 Å². The standard InChI is InChI=1S/C17H25NO2S/c1-13-7-3-6-10-16(13)20-11-12-21-14(2)17(19)18-15-8-4-5-9-15/h3,6-7,10,14-15H,4-5,8-9,11-12H2,1-2H3,(H,18,19). The van der Waals surface area contributed by atoms with Crippen LogP contribution in [0.25, 0.3) is 0 Å². The molecule has 1 aliphatic rings. The van der Waals surface area contributed by atoms with Crippen LogP contribution in [-0.2, 0) is 4.79 Å². The lowest BCUT2D eigenvalue weighted by atomic mass is 10.2. The highest BCUT2D eigenvalue weighted by molar-refractivity contribution is 8.00. The van der Waals surface area contributed by atoms with Gasteiger partial charge in [-0.05, 0) is 38.3 Å². The van der Waals surface area contributed by atoms with Crippen molar-refractivity contribution < 1.29 is 9.53 Å². The minimum absolute atomic E-state index is 0.00827. The summed E-state index contributed by atoms with van der Waals surface area (Å²) in [7, 11) is 0. The number of rotatable bonds is 7. The maximum Gasteiger partial charge on any atom is 0.233 e. The van der Waals surface area contributed by atoms with Crippen molar-refractivity contribution in [3.05, 3.63) is 29.8 Å². The fraction of sp³-hybridized carbons (Fsp3) is 0.588. The predicted molar refractivity (Wildman–Crippen MR) is 89.0 cm³/mol. The van der Waals surface area contributed by atoms with E-state index in [0.717, 1.165) is 29.9 Å². The number of hydrogen-bond donors (Lipinski definition) is 1. The second kappa shape index (κ2) is 8.32. The molecule has 1 saturated carbocycles. The molecule has 1 aromatic carbocycles. The maximum absolute atomic E-state index is 12.0. The summed E-state index contributed by atoms with van der Waals surface area (Å²) in [6, 6.07) is 8.42. The number of carbonyl (C=O) groups excluding carboxylic acids is 1. The van der Waals surface area contributed by atoms with Crippen LogP contribution in [0.5, 0.6) is 5.75 Å². The number of nitrogens with one attached hydrogen (secondary N) is 1. The van der Waals surface area contributed by atoms with E-state index in [1.54, 1.807) is 11.8 Å². The summed E-state index contributed by atoms with van der Waals surface area (Å²) in [5.74, 6) is 1.93. The van der Waals surface area contributed by atoms with Gasteiger partial charge >= 0.3 is 0 Å². The van der Waals surface area contributed by atoms with Crippen LogP contribution in [0, 0.1) is 6.92 Å². The van der Waals surface area contributed by atoms with Crippen molar-refractivity contribution in [2.45, 2.75) is 50.8 Å². The van der Waals surface area contributed by atoms with Gasteiger partial charge in [-0.2, -0.15) is 0 Å². The summed E-state index contributed by atoms with van der Waals surface area (Å²) < 4.78 is 5.75. The van der Waals surface area contributed by atoms with Crippen LogP contribution in [0.3, 0.4) is 0 Å². The first-order valence-electron chi connectivity index (χ1n) is 7.77. The lowest BCUT2D eigenvalue weighted by Crippen LogP contribution is -2.37. The maximum atomic E-state index is 12.0. The first-order valence-corrected chi connectivity index (χ1v) is 8.82. The minimum Gasteiger partial charge on any atom is -0.492 e. The third kappa shape index (κ3) is 5.27. The van der Waals surface area contributed by atoms with Gasteiger partial charge in [-0.3, -0.25) is 4.79 Å². The Morgan fingerprint density at radius 1 is 1.38 bits per heavy atom. The predicted octanol–water partition coefficient (Wildman–Crippen LogP) is 3.55. The lowest BCUT2D eigenvalue weighted by Gasteiger charge is -2.16. The van der Waals surface area contributed by atoms with Crippen molar-refractivity contribution in [1.29, 1.82) is 0 Å². The molecule has 1 atom stereocenters. The highest BCUT2D eigenvalue weighted by Crippen LogP contribution is 2.20. The fourth-order valence-electron chi connectivity index (χ4n) is 2.56. The molecule has 0 aromatic heterocycles. The van der Waals surface area contributed by atoms with Crippen LogP contribution in [0.1, 0.15) is 38.2 Å².